The Morgan fingerprint density at radius 1 is 1.00 bits per heavy atom. The Hall–Kier alpha value is -3.10. The molecule has 33 heavy (non-hydrogen) atoms. The molecule has 1 saturated heterocycles. The standard InChI is InChI=1S/C24H34N2O7/c1-23(2,3)32-20(28)17(25-22(30)31-15-16-10-8-7-9-11-16)14-19(27)26-13-12-18(26)21(29)33-24(4,5)6/h7-11,17-18H,12-15H2,1-6H3,(H,25,30)/t17-,18?/m0/s1. The van der Waals surface area contributed by atoms with Crippen LogP contribution in [0.1, 0.15) is 59.9 Å². The van der Waals surface area contributed by atoms with Gasteiger partial charge in [-0.1, -0.05) is 30.3 Å². The maximum absolute atomic E-state index is 12.9. The molecular formula is C24H34N2O7. The summed E-state index contributed by atoms with van der Waals surface area (Å²) in [5.74, 6) is -1.72. The summed E-state index contributed by atoms with van der Waals surface area (Å²) in [6, 6.07) is 7.08. The lowest BCUT2D eigenvalue weighted by Gasteiger charge is -2.40. The lowest BCUT2D eigenvalue weighted by atomic mass is 10.0. The van der Waals surface area contributed by atoms with Gasteiger partial charge in [0.05, 0.1) is 6.42 Å². The molecule has 2 atom stereocenters. The number of amides is 2. The van der Waals surface area contributed by atoms with E-state index in [1.807, 2.05) is 18.2 Å². The lowest BCUT2D eigenvalue weighted by Crippen LogP contribution is -2.58. The maximum Gasteiger partial charge on any atom is 0.408 e. The molecule has 0 aliphatic carbocycles. The third kappa shape index (κ3) is 8.75. The number of ether oxygens (including phenoxy) is 3. The fourth-order valence-corrected chi connectivity index (χ4v) is 3.07. The summed E-state index contributed by atoms with van der Waals surface area (Å²) in [5, 5.41) is 2.43. The largest absolute Gasteiger partial charge is 0.458 e. The number of hydrogen-bond donors (Lipinski definition) is 1. The van der Waals surface area contributed by atoms with Crippen LogP contribution >= 0.6 is 0 Å². The van der Waals surface area contributed by atoms with Gasteiger partial charge in [0.2, 0.25) is 5.91 Å². The zero-order valence-electron chi connectivity index (χ0n) is 20.2. The predicted octanol–water partition coefficient (Wildman–Crippen LogP) is 2.96. The van der Waals surface area contributed by atoms with Crippen LogP contribution in [0, 0.1) is 0 Å². The van der Waals surface area contributed by atoms with Gasteiger partial charge >= 0.3 is 18.0 Å². The first-order valence-electron chi connectivity index (χ1n) is 11.0. The van der Waals surface area contributed by atoms with Gasteiger partial charge in [0, 0.05) is 6.54 Å². The van der Waals surface area contributed by atoms with Gasteiger partial charge in [-0.15, -0.1) is 0 Å². The molecule has 0 spiro atoms. The molecule has 1 unspecified atom stereocenters. The Bertz CT molecular complexity index is 856. The molecule has 1 aromatic rings. The minimum atomic E-state index is -1.26. The van der Waals surface area contributed by atoms with E-state index >= 15 is 0 Å². The highest BCUT2D eigenvalue weighted by Crippen LogP contribution is 2.23. The Balaban J connectivity index is 2.02. The predicted molar refractivity (Wildman–Crippen MR) is 120 cm³/mol. The van der Waals surface area contributed by atoms with E-state index in [2.05, 4.69) is 5.32 Å². The molecule has 0 saturated carbocycles. The van der Waals surface area contributed by atoms with Gasteiger partial charge in [0.15, 0.2) is 0 Å². The van der Waals surface area contributed by atoms with E-state index in [0.29, 0.717) is 13.0 Å². The zero-order valence-corrected chi connectivity index (χ0v) is 20.2. The normalized spacial score (nSPS) is 16.8. The van der Waals surface area contributed by atoms with E-state index in [9.17, 15) is 19.2 Å². The second-order valence-electron chi connectivity index (χ2n) is 9.92. The summed E-state index contributed by atoms with van der Waals surface area (Å²) in [6.07, 6.45) is -0.742. The van der Waals surface area contributed by atoms with Crippen molar-refractivity contribution in [1.82, 2.24) is 10.2 Å². The molecule has 1 aliphatic heterocycles. The molecule has 9 nitrogen and oxygen atoms in total. The van der Waals surface area contributed by atoms with E-state index in [0.717, 1.165) is 5.56 Å². The average molecular weight is 463 g/mol. The molecule has 0 radical (unpaired) electrons. The highest BCUT2D eigenvalue weighted by Gasteiger charge is 2.41. The van der Waals surface area contributed by atoms with Crippen LogP contribution < -0.4 is 5.32 Å². The summed E-state index contributed by atoms with van der Waals surface area (Å²) in [6.45, 7) is 10.7. The number of rotatable bonds is 7. The molecule has 1 fully saturated rings. The van der Waals surface area contributed by atoms with E-state index in [4.69, 9.17) is 14.2 Å². The molecular weight excluding hydrogens is 428 g/mol. The summed E-state index contributed by atoms with van der Waals surface area (Å²) < 4.78 is 15.9. The van der Waals surface area contributed by atoms with Crippen LogP contribution in [0.5, 0.6) is 0 Å². The van der Waals surface area contributed by atoms with Gasteiger partial charge in [-0.05, 0) is 53.5 Å². The van der Waals surface area contributed by atoms with Crippen molar-refractivity contribution in [3.8, 4) is 0 Å². The Morgan fingerprint density at radius 2 is 1.61 bits per heavy atom. The smallest absolute Gasteiger partial charge is 0.408 e. The zero-order chi connectivity index (χ0) is 24.8. The third-order valence-electron chi connectivity index (χ3n) is 4.59. The van der Waals surface area contributed by atoms with Crippen molar-refractivity contribution in [2.75, 3.05) is 6.54 Å². The van der Waals surface area contributed by atoms with Crippen molar-refractivity contribution in [2.45, 2.75) is 84.3 Å². The van der Waals surface area contributed by atoms with Crippen molar-refractivity contribution in [2.24, 2.45) is 0 Å². The molecule has 1 heterocycles. The van der Waals surface area contributed by atoms with Crippen LogP contribution in [-0.2, 0) is 35.2 Å². The van der Waals surface area contributed by atoms with E-state index in [1.165, 1.54) is 4.90 Å². The van der Waals surface area contributed by atoms with E-state index in [-0.39, 0.29) is 13.0 Å². The topological polar surface area (TPSA) is 111 Å². The maximum atomic E-state index is 12.9. The van der Waals surface area contributed by atoms with Crippen molar-refractivity contribution in [1.29, 1.82) is 0 Å². The molecule has 1 aromatic carbocycles. The number of alkyl carbamates (subject to hydrolysis) is 1. The third-order valence-corrected chi connectivity index (χ3v) is 4.59. The highest BCUT2D eigenvalue weighted by atomic mass is 16.6. The van der Waals surface area contributed by atoms with Gasteiger partial charge in [-0.3, -0.25) is 4.79 Å². The van der Waals surface area contributed by atoms with Crippen LogP contribution in [0.25, 0.3) is 0 Å². The number of nitrogens with one attached hydrogen (secondary N) is 1. The first-order valence-corrected chi connectivity index (χ1v) is 11.0. The van der Waals surface area contributed by atoms with Gasteiger partial charge in [0.1, 0.15) is 29.9 Å². The van der Waals surface area contributed by atoms with Crippen LogP contribution in [0.3, 0.4) is 0 Å². The number of nitrogens with zero attached hydrogens (tertiary/aromatic N) is 1. The number of esters is 2. The van der Waals surface area contributed by atoms with Crippen molar-refractivity contribution in [3.05, 3.63) is 35.9 Å². The van der Waals surface area contributed by atoms with Gasteiger partial charge < -0.3 is 24.4 Å². The number of carbonyl (C=O) groups excluding carboxylic acids is 4. The lowest BCUT2D eigenvalue weighted by molar-refractivity contribution is -0.171. The molecule has 2 rings (SSSR count). The summed E-state index contributed by atoms with van der Waals surface area (Å²) in [4.78, 5) is 51.6. The van der Waals surface area contributed by atoms with Crippen LogP contribution in [-0.4, -0.2) is 58.7 Å². The first kappa shape index (κ1) is 26.2. The van der Waals surface area contributed by atoms with E-state index in [1.54, 1.807) is 53.7 Å². The SMILES string of the molecule is CC(C)(C)OC(=O)C1CCN1C(=O)C[C@H](NC(=O)OCc1ccccc1)C(=O)OC(C)(C)C. The molecule has 9 heteroatoms. The van der Waals surface area contributed by atoms with Gasteiger partial charge in [-0.25, -0.2) is 14.4 Å². The second kappa shape index (κ2) is 10.7. The van der Waals surface area contributed by atoms with E-state index < -0.39 is 47.2 Å². The quantitative estimate of drug-likeness (QED) is 0.490. The average Bonchev–Trinajstić information content (AvgIpc) is 2.62. The Morgan fingerprint density at radius 3 is 2.12 bits per heavy atom. The van der Waals surface area contributed by atoms with Crippen molar-refractivity contribution < 1.29 is 33.4 Å². The number of likely N-dealkylation sites (tertiary alicyclic amines) is 1. The minimum Gasteiger partial charge on any atom is -0.458 e. The Labute approximate surface area is 194 Å². The first-order chi connectivity index (χ1) is 15.2. The highest BCUT2D eigenvalue weighted by molar-refractivity contribution is 5.91. The van der Waals surface area contributed by atoms with Gasteiger partial charge in [0.25, 0.3) is 0 Å². The number of hydrogen-bond acceptors (Lipinski definition) is 7. The molecule has 0 bridgehead atoms. The summed E-state index contributed by atoms with van der Waals surface area (Å²) in [5.41, 5.74) is -0.716. The van der Waals surface area contributed by atoms with Crippen LogP contribution in [0.15, 0.2) is 30.3 Å². The van der Waals surface area contributed by atoms with Gasteiger partial charge in [-0.2, -0.15) is 0 Å². The van der Waals surface area contributed by atoms with Crippen LogP contribution in [0.4, 0.5) is 4.79 Å². The minimum absolute atomic E-state index is 0.00843. The fourth-order valence-electron chi connectivity index (χ4n) is 3.07. The molecule has 0 aromatic heterocycles. The second-order valence-corrected chi connectivity index (χ2v) is 9.92. The molecule has 1 aliphatic rings. The molecule has 2 amide bonds. The molecule has 182 valence electrons. The Kier molecular flexibility index (Phi) is 8.46. The van der Waals surface area contributed by atoms with Crippen molar-refractivity contribution in [3.63, 3.8) is 0 Å². The summed E-state index contributed by atoms with van der Waals surface area (Å²) in [7, 11) is 0. The van der Waals surface area contributed by atoms with Crippen LogP contribution in [0.2, 0.25) is 0 Å². The number of carbonyl (C=O) groups is 4. The summed E-state index contributed by atoms with van der Waals surface area (Å²) >= 11 is 0. The van der Waals surface area contributed by atoms with Crippen molar-refractivity contribution >= 4 is 23.9 Å². The fraction of sp³-hybridized carbons (Fsp3) is 0.583. The monoisotopic (exact) mass is 462 g/mol. The number of benzene rings is 1. The molecule has 1 N–H and O–H groups in total.